The van der Waals surface area contributed by atoms with E-state index in [9.17, 15) is 0 Å². The first kappa shape index (κ1) is 14.1. The van der Waals surface area contributed by atoms with Gasteiger partial charge in [-0.1, -0.05) is 13.8 Å². The van der Waals surface area contributed by atoms with E-state index in [0.717, 1.165) is 12.5 Å². The zero-order valence-electron chi connectivity index (χ0n) is 13.0. The predicted molar refractivity (Wildman–Crippen MR) is 79.8 cm³/mol. The van der Waals surface area contributed by atoms with E-state index in [1.807, 2.05) is 17.9 Å². The lowest BCUT2D eigenvalue weighted by molar-refractivity contribution is -0.0449. The fourth-order valence-electron chi connectivity index (χ4n) is 3.72. The standard InChI is InChI=1S/C16H27N3O/c1-13(2)10-19-6-4-16(5-7-19)8-14(12-20-16)15-9-17-18(3)11-15/h9,11,13-14H,4-8,10,12H2,1-3H3/t14-/m0/s1. The molecule has 2 saturated heterocycles. The lowest BCUT2D eigenvalue weighted by atomic mass is 9.83. The Bertz CT molecular complexity index is 446. The van der Waals surface area contributed by atoms with Crippen molar-refractivity contribution in [3.8, 4) is 0 Å². The van der Waals surface area contributed by atoms with Gasteiger partial charge in [0, 0.05) is 38.8 Å². The van der Waals surface area contributed by atoms with Crippen LogP contribution in [-0.4, -0.2) is 46.5 Å². The van der Waals surface area contributed by atoms with Gasteiger partial charge in [0.1, 0.15) is 0 Å². The Labute approximate surface area is 122 Å². The summed E-state index contributed by atoms with van der Waals surface area (Å²) in [7, 11) is 1.99. The number of piperidine rings is 1. The maximum absolute atomic E-state index is 6.25. The summed E-state index contributed by atoms with van der Waals surface area (Å²) < 4.78 is 8.14. The SMILES string of the molecule is CC(C)CN1CCC2(CC1)C[C@H](c1cnn(C)c1)CO2. The Kier molecular flexibility index (Phi) is 3.87. The number of nitrogens with zero attached hydrogens (tertiary/aromatic N) is 3. The van der Waals surface area contributed by atoms with E-state index in [1.54, 1.807) is 0 Å². The molecular weight excluding hydrogens is 250 g/mol. The van der Waals surface area contributed by atoms with Crippen molar-refractivity contribution in [3.05, 3.63) is 18.0 Å². The van der Waals surface area contributed by atoms with Gasteiger partial charge in [-0.2, -0.15) is 5.10 Å². The van der Waals surface area contributed by atoms with Crippen LogP contribution in [0.15, 0.2) is 12.4 Å². The summed E-state index contributed by atoms with van der Waals surface area (Å²) in [5.41, 5.74) is 1.49. The quantitative estimate of drug-likeness (QED) is 0.850. The minimum absolute atomic E-state index is 0.147. The second-order valence-corrected chi connectivity index (χ2v) is 7.04. The summed E-state index contributed by atoms with van der Waals surface area (Å²) in [4.78, 5) is 2.59. The first-order valence-electron chi connectivity index (χ1n) is 7.91. The average Bonchev–Trinajstić information content (AvgIpc) is 2.99. The summed E-state index contributed by atoms with van der Waals surface area (Å²) in [5.74, 6) is 1.30. The molecule has 4 heteroatoms. The summed E-state index contributed by atoms with van der Waals surface area (Å²) in [5, 5.41) is 4.29. The second-order valence-electron chi connectivity index (χ2n) is 7.04. The van der Waals surface area contributed by atoms with E-state index in [-0.39, 0.29) is 5.60 Å². The van der Waals surface area contributed by atoms with Gasteiger partial charge in [-0.3, -0.25) is 4.68 Å². The van der Waals surface area contributed by atoms with Crippen LogP contribution in [0, 0.1) is 5.92 Å². The van der Waals surface area contributed by atoms with Gasteiger partial charge < -0.3 is 9.64 Å². The lowest BCUT2D eigenvalue weighted by Crippen LogP contribution is -2.45. The molecule has 2 fully saturated rings. The van der Waals surface area contributed by atoms with Crippen molar-refractivity contribution in [3.63, 3.8) is 0 Å². The lowest BCUT2D eigenvalue weighted by Gasteiger charge is -2.39. The summed E-state index contributed by atoms with van der Waals surface area (Å²) in [6.07, 6.45) is 7.70. The highest BCUT2D eigenvalue weighted by molar-refractivity contribution is 5.15. The number of likely N-dealkylation sites (tertiary alicyclic amines) is 1. The Hall–Kier alpha value is -0.870. The van der Waals surface area contributed by atoms with Gasteiger partial charge in [-0.25, -0.2) is 0 Å². The first-order chi connectivity index (χ1) is 9.56. The third-order valence-electron chi connectivity index (χ3n) is 4.80. The molecule has 0 radical (unpaired) electrons. The van der Waals surface area contributed by atoms with E-state index >= 15 is 0 Å². The molecule has 4 nitrogen and oxygen atoms in total. The third kappa shape index (κ3) is 2.91. The predicted octanol–water partition coefficient (Wildman–Crippen LogP) is 2.41. The van der Waals surface area contributed by atoms with Gasteiger partial charge in [0.25, 0.3) is 0 Å². The van der Waals surface area contributed by atoms with Crippen molar-refractivity contribution in [1.29, 1.82) is 0 Å². The molecule has 3 rings (SSSR count). The number of aryl methyl sites for hydroxylation is 1. The van der Waals surface area contributed by atoms with Crippen molar-refractivity contribution >= 4 is 0 Å². The van der Waals surface area contributed by atoms with Crippen molar-refractivity contribution in [2.45, 2.75) is 44.6 Å². The Balaban J connectivity index is 1.57. The van der Waals surface area contributed by atoms with Gasteiger partial charge in [0.2, 0.25) is 0 Å². The topological polar surface area (TPSA) is 30.3 Å². The van der Waals surface area contributed by atoms with Crippen LogP contribution < -0.4 is 0 Å². The highest BCUT2D eigenvalue weighted by Crippen LogP contribution is 2.42. The Morgan fingerprint density at radius 2 is 2.15 bits per heavy atom. The third-order valence-corrected chi connectivity index (χ3v) is 4.80. The molecule has 0 aromatic carbocycles. The van der Waals surface area contributed by atoms with Crippen LogP contribution in [0.4, 0.5) is 0 Å². The highest BCUT2D eigenvalue weighted by atomic mass is 16.5. The number of ether oxygens (including phenoxy) is 1. The minimum Gasteiger partial charge on any atom is -0.374 e. The van der Waals surface area contributed by atoms with E-state index in [1.165, 1.54) is 44.5 Å². The molecule has 1 spiro atoms. The Morgan fingerprint density at radius 3 is 2.75 bits per heavy atom. The fraction of sp³-hybridized carbons (Fsp3) is 0.812. The molecule has 0 saturated carbocycles. The summed E-state index contributed by atoms with van der Waals surface area (Å²) in [6.45, 7) is 9.08. The number of hydrogen-bond donors (Lipinski definition) is 0. The molecule has 0 amide bonds. The van der Waals surface area contributed by atoms with Crippen molar-refractivity contribution in [1.82, 2.24) is 14.7 Å². The van der Waals surface area contributed by atoms with Crippen molar-refractivity contribution in [2.24, 2.45) is 13.0 Å². The molecule has 1 aromatic rings. The summed E-state index contributed by atoms with van der Waals surface area (Å²) in [6, 6.07) is 0. The minimum atomic E-state index is 0.147. The number of aromatic nitrogens is 2. The number of hydrogen-bond acceptors (Lipinski definition) is 3. The van der Waals surface area contributed by atoms with Crippen LogP contribution >= 0.6 is 0 Å². The molecule has 20 heavy (non-hydrogen) atoms. The smallest absolute Gasteiger partial charge is 0.0713 e. The molecule has 3 heterocycles. The molecule has 0 unspecified atom stereocenters. The van der Waals surface area contributed by atoms with Crippen molar-refractivity contribution in [2.75, 3.05) is 26.2 Å². The van der Waals surface area contributed by atoms with Gasteiger partial charge in [-0.05, 0) is 30.7 Å². The average molecular weight is 277 g/mol. The maximum atomic E-state index is 6.25. The maximum Gasteiger partial charge on any atom is 0.0713 e. The highest BCUT2D eigenvalue weighted by Gasteiger charge is 2.43. The van der Waals surface area contributed by atoms with E-state index in [2.05, 4.69) is 30.0 Å². The van der Waals surface area contributed by atoms with Gasteiger partial charge in [0.05, 0.1) is 18.4 Å². The molecule has 112 valence electrons. The fourth-order valence-corrected chi connectivity index (χ4v) is 3.72. The Morgan fingerprint density at radius 1 is 1.40 bits per heavy atom. The van der Waals surface area contributed by atoms with Crippen LogP contribution in [0.3, 0.4) is 0 Å². The zero-order chi connectivity index (χ0) is 14.2. The molecule has 0 aliphatic carbocycles. The molecule has 1 atom stereocenters. The van der Waals surface area contributed by atoms with E-state index in [4.69, 9.17) is 4.74 Å². The summed E-state index contributed by atoms with van der Waals surface area (Å²) >= 11 is 0. The van der Waals surface area contributed by atoms with Gasteiger partial charge in [0.15, 0.2) is 0 Å². The van der Waals surface area contributed by atoms with Gasteiger partial charge in [-0.15, -0.1) is 0 Å². The molecule has 1 aromatic heterocycles. The van der Waals surface area contributed by atoms with Crippen LogP contribution in [0.1, 0.15) is 44.6 Å². The zero-order valence-corrected chi connectivity index (χ0v) is 13.0. The second kappa shape index (κ2) is 5.49. The van der Waals surface area contributed by atoms with E-state index < -0.39 is 0 Å². The number of rotatable bonds is 3. The van der Waals surface area contributed by atoms with Crippen LogP contribution in [0.2, 0.25) is 0 Å². The normalized spacial score (nSPS) is 26.7. The molecule has 2 aliphatic heterocycles. The molecule has 0 N–H and O–H groups in total. The molecular formula is C16H27N3O. The first-order valence-corrected chi connectivity index (χ1v) is 7.91. The van der Waals surface area contributed by atoms with Crippen LogP contribution in [0.25, 0.3) is 0 Å². The molecule has 0 bridgehead atoms. The monoisotopic (exact) mass is 277 g/mol. The van der Waals surface area contributed by atoms with Crippen LogP contribution in [0.5, 0.6) is 0 Å². The van der Waals surface area contributed by atoms with Crippen LogP contribution in [-0.2, 0) is 11.8 Å². The largest absolute Gasteiger partial charge is 0.374 e. The van der Waals surface area contributed by atoms with Crippen molar-refractivity contribution < 1.29 is 4.74 Å². The van der Waals surface area contributed by atoms with E-state index in [0.29, 0.717) is 5.92 Å². The molecule has 2 aliphatic rings. The van der Waals surface area contributed by atoms with Gasteiger partial charge >= 0.3 is 0 Å².